The molecule has 9 heteroatoms. The van der Waals surface area contributed by atoms with E-state index in [9.17, 15) is 9.59 Å². The Kier molecular flexibility index (Phi) is 5.04. The maximum absolute atomic E-state index is 12.8. The molecule has 3 aromatic heterocycles. The number of methoxy groups -OCH3 is 1. The van der Waals surface area contributed by atoms with Gasteiger partial charge in [0.05, 0.1) is 18.7 Å². The van der Waals surface area contributed by atoms with Crippen LogP contribution in [-0.4, -0.2) is 42.0 Å². The van der Waals surface area contributed by atoms with Crippen molar-refractivity contribution in [1.82, 2.24) is 9.97 Å². The summed E-state index contributed by atoms with van der Waals surface area (Å²) in [5.41, 5.74) is 1.39. The Labute approximate surface area is 164 Å². The number of hydrogen-bond acceptors (Lipinski definition) is 8. The van der Waals surface area contributed by atoms with Gasteiger partial charge in [0.2, 0.25) is 5.91 Å². The van der Waals surface area contributed by atoms with Crippen LogP contribution >= 0.6 is 22.7 Å². The summed E-state index contributed by atoms with van der Waals surface area (Å²) >= 11 is 2.80. The summed E-state index contributed by atoms with van der Waals surface area (Å²) in [7, 11) is 1.33. The van der Waals surface area contributed by atoms with Crippen LogP contribution in [0.4, 0.5) is 10.8 Å². The number of carbonyl (C=O) groups is 2. The van der Waals surface area contributed by atoms with Gasteiger partial charge in [-0.15, -0.1) is 11.3 Å². The third-order valence-electron chi connectivity index (χ3n) is 4.51. The van der Waals surface area contributed by atoms with Crippen LogP contribution in [0.2, 0.25) is 0 Å². The van der Waals surface area contributed by atoms with Crippen molar-refractivity contribution in [3.63, 3.8) is 0 Å². The third kappa shape index (κ3) is 3.65. The first-order valence-electron chi connectivity index (χ1n) is 8.59. The number of fused-ring (bicyclic) bond motifs is 1. The number of thiazole rings is 1. The smallest absolute Gasteiger partial charge is 0.350 e. The second-order valence-corrected chi connectivity index (χ2v) is 8.13. The fourth-order valence-electron chi connectivity index (χ4n) is 3.15. The lowest BCUT2D eigenvalue weighted by Crippen LogP contribution is -2.40. The van der Waals surface area contributed by atoms with Gasteiger partial charge >= 0.3 is 5.97 Å². The highest BCUT2D eigenvalue weighted by atomic mass is 32.1. The molecule has 0 saturated carbocycles. The first-order chi connectivity index (χ1) is 13.2. The van der Waals surface area contributed by atoms with Gasteiger partial charge in [0, 0.05) is 19.3 Å². The van der Waals surface area contributed by atoms with Crippen LogP contribution in [0.1, 0.15) is 22.5 Å². The number of piperidine rings is 1. The average molecular weight is 403 g/mol. The molecular weight excluding hydrogens is 384 g/mol. The molecule has 0 radical (unpaired) electrons. The van der Waals surface area contributed by atoms with Gasteiger partial charge in [0.25, 0.3) is 0 Å². The number of amides is 1. The molecular formula is C18H18N4O3S2. The lowest BCUT2D eigenvalue weighted by atomic mass is 9.97. The van der Waals surface area contributed by atoms with Crippen molar-refractivity contribution < 1.29 is 14.3 Å². The summed E-state index contributed by atoms with van der Waals surface area (Å²) in [4.78, 5) is 37.0. The monoisotopic (exact) mass is 402 g/mol. The highest BCUT2D eigenvalue weighted by Gasteiger charge is 2.28. The van der Waals surface area contributed by atoms with E-state index in [1.165, 1.54) is 18.4 Å². The van der Waals surface area contributed by atoms with Gasteiger partial charge < -0.3 is 15.0 Å². The molecule has 0 spiro atoms. The first-order valence-corrected chi connectivity index (χ1v) is 10.3. The van der Waals surface area contributed by atoms with Gasteiger partial charge in [-0.1, -0.05) is 11.3 Å². The summed E-state index contributed by atoms with van der Waals surface area (Å²) in [5.74, 6) is -0.681. The zero-order valence-corrected chi connectivity index (χ0v) is 16.3. The molecule has 4 rings (SSSR count). The van der Waals surface area contributed by atoms with E-state index < -0.39 is 5.97 Å². The summed E-state index contributed by atoms with van der Waals surface area (Å²) in [6, 6.07) is 5.55. The molecule has 0 bridgehead atoms. The lowest BCUT2D eigenvalue weighted by Gasteiger charge is -2.31. The molecule has 1 N–H and O–H groups in total. The number of hydrogen-bond donors (Lipinski definition) is 1. The van der Waals surface area contributed by atoms with E-state index in [4.69, 9.17) is 4.74 Å². The number of nitrogens with one attached hydrogen (secondary N) is 1. The molecule has 1 saturated heterocycles. The summed E-state index contributed by atoms with van der Waals surface area (Å²) in [6.45, 7) is 1.47. The Bertz CT molecular complexity index is 951. The van der Waals surface area contributed by atoms with Crippen molar-refractivity contribution in [3.05, 3.63) is 34.7 Å². The maximum atomic E-state index is 12.8. The fourth-order valence-corrected chi connectivity index (χ4v) is 4.86. The average Bonchev–Trinajstić information content (AvgIpc) is 3.34. The number of thiophene rings is 1. The highest BCUT2D eigenvalue weighted by Crippen LogP contribution is 2.31. The van der Waals surface area contributed by atoms with E-state index in [0.29, 0.717) is 17.1 Å². The Morgan fingerprint density at radius 3 is 3.07 bits per heavy atom. The number of carbonyl (C=O) groups excluding carboxylic acids is 2. The minimum atomic E-state index is -0.437. The second kappa shape index (κ2) is 7.61. The van der Waals surface area contributed by atoms with Crippen LogP contribution < -0.4 is 10.2 Å². The van der Waals surface area contributed by atoms with Gasteiger partial charge in [-0.2, -0.15) is 0 Å². The predicted octanol–water partition coefficient (Wildman–Crippen LogP) is 3.39. The van der Waals surface area contributed by atoms with Gasteiger partial charge in [0.1, 0.15) is 15.2 Å². The van der Waals surface area contributed by atoms with E-state index in [-0.39, 0.29) is 11.8 Å². The molecule has 1 aliphatic rings. The molecule has 0 unspecified atom stereocenters. The quantitative estimate of drug-likeness (QED) is 0.674. The van der Waals surface area contributed by atoms with Crippen LogP contribution in [0.5, 0.6) is 0 Å². The van der Waals surface area contributed by atoms with E-state index in [2.05, 4.69) is 20.2 Å². The molecule has 1 amide bonds. The van der Waals surface area contributed by atoms with Crippen LogP contribution in [-0.2, 0) is 9.53 Å². The molecule has 1 atom stereocenters. The Balaban J connectivity index is 1.47. The van der Waals surface area contributed by atoms with Crippen molar-refractivity contribution in [2.45, 2.75) is 12.8 Å². The van der Waals surface area contributed by atoms with Crippen molar-refractivity contribution in [1.29, 1.82) is 0 Å². The molecule has 1 fully saturated rings. The SMILES string of the molecule is COC(=O)c1sccc1NC(=O)[C@H]1CCCN(c2nc3cccnc3s2)C1. The summed E-state index contributed by atoms with van der Waals surface area (Å²) < 4.78 is 4.77. The Morgan fingerprint density at radius 1 is 1.37 bits per heavy atom. The molecule has 3 aromatic rings. The van der Waals surface area contributed by atoms with Crippen LogP contribution in [0.3, 0.4) is 0 Å². The molecule has 1 aliphatic heterocycles. The molecule has 0 aromatic carbocycles. The van der Waals surface area contributed by atoms with E-state index in [1.807, 2.05) is 12.1 Å². The topological polar surface area (TPSA) is 84.4 Å². The Hall–Kier alpha value is -2.52. The number of nitrogens with zero attached hydrogens (tertiary/aromatic N) is 3. The van der Waals surface area contributed by atoms with E-state index >= 15 is 0 Å². The number of anilines is 2. The second-order valence-electron chi connectivity index (χ2n) is 6.25. The standard InChI is InChI=1S/C18H18N4O3S2/c1-25-17(24)14-12(6-9-26-14)20-15(23)11-4-3-8-22(10-11)18-21-13-5-2-7-19-16(13)27-18/h2,5-7,9,11H,3-4,8,10H2,1H3,(H,20,23)/t11-/m0/s1. The largest absolute Gasteiger partial charge is 0.465 e. The molecule has 7 nitrogen and oxygen atoms in total. The number of aromatic nitrogens is 2. The molecule has 140 valence electrons. The number of esters is 1. The first kappa shape index (κ1) is 17.9. The maximum Gasteiger partial charge on any atom is 0.350 e. The fraction of sp³-hybridized carbons (Fsp3) is 0.333. The van der Waals surface area contributed by atoms with Crippen molar-refractivity contribution in [2.24, 2.45) is 5.92 Å². The minimum Gasteiger partial charge on any atom is -0.465 e. The van der Waals surface area contributed by atoms with Crippen LogP contribution in [0.15, 0.2) is 29.8 Å². The van der Waals surface area contributed by atoms with Gasteiger partial charge in [-0.25, -0.2) is 14.8 Å². The molecule has 0 aliphatic carbocycles. The Morgan fingerprint density at radius 2 is 2.26 bits per heavy atom. The third-order valence-corrected chi connectivity index (χ3v) is 6.45. The van der Waals surface area contributed by atoms with Gasteiger partial charge in [0.15, 0.2) is 5.13 Å². The van der Waals surface area contributed by atoms with Crippen molar-refractivity contribution in [3.8, 4) is 0 Å². The summed E-state index contributed by atoms with van der Waals surface area (Å²) in [6.07, 6.45) is 3.48. The van der Waals surface area contributed by atoms with Gasteiger partial charge in [-0.05, 0) is 36.4 Å². The zero-order valence-electron chi connectivity index (χ0n) is 14.7. The summed E-state index contributed by atoms with van der Waals surface area (Å²) in [5, 5.41) is 5.55. The van der Waals surface area contributed by atoms with Crippen molar-refractivity contribution in [2.75, 3.05) is 30.4 Å². The lowest BCUT2D eigenvalue weighted by molar-refractivity contribution is -0.120. The molecule has 4 heterocycles. The normalized spacial score (nSPS) is 17.1. The zero-order chi connectivity index (χ0) is 18.8. The van der Waals surface area contributed by atoms with Crippen LogP contribution in [0, 0.1) is 5.92 Å². The van der Waals surface area contributed by atoms with E-state index in [1.54, 1.807) is 29.0 Å². The number of rotatable bonds is 4. The molecule has 27 heavy (non-hydrogen) atoms. The van der Waals surface area contributed by atoms with E-state index in [0.717, 1.165) is 34.9 Å². The number of pyridine rings is 1. The van der Waals surface area contributed by atoms with Crippen LogP contribution in [0.25, 0.3) is 10.3 Å². The number of ether oxygens (including phenoxy) is 1. The minimum absolute atomic E-state index is 0.0810. The van der Waals surface area contributed by atoms with Gasteiger partial charge in [-0.3, -0.25) is 4.79 Å². The van der Waals surface area contributed by atoms with Crippen molar-refractivity contribution >= 4 is 55.7 Å². The predicted molar refractivity (Wildman–Crippen MR) is 107 cm³/mol. The highest BCUT2D eigenvalue weighted by molar-refractivity contribution is 7.21.